The second-order valence-corrected chi connectivity index (χ2v) is 1.72. The van der Waals surface area contributed by atoms with Crippen LogP contribution in [-0.4, -0.2) is 19.5 Å². The van der Waals surface area contributed by atoms with Crippen LogP contribution in [0.2, 0.25) is 0 Å². The van der Waals surface area contributed by atoms with Gasteiger partial charge < -0.3 is 4.74 Å². The molecule has 0 atom stereocenters. The van der Waals surface area contributed by atoms with Crippen molar-refractivity contribution < 1.29 is 9.53 Å². The molecule has 2 nitrogen and oxygen atoms in total. The lowest BCUT2D eigenvalue weighted by Crippen LogP contribution is -1.91. The minimum Gasteiger partial charge on any atom is -0.377 e. The van der Waals surface area contributed by atoms with E-state index in [0.29, 0.717) is 13.2 Å². The van der Waals surface area contributed by atoms with Gasteiger partial charge in [-0.2, -0.15) is 0 Å². The molecule has 0 spiro atoms. The Morgan fingerprint density at radius 2 is 2.30 bits per heavy atom. The molecule has 0 fully saturated rings. The monoisotopic (exact) mass is 140 g/mol. The molecule has 0 saturated carbocycles. The standard InChI is InChI=1S/C8H12O2/c1-2-3-7-10-8-5-4-6-9/h2,4-6H,1,3,7-8H2/b5-4+. The Labute approximate surface area is 61.2 Å². The smallest absolute Gasteiger partial charge is 0.142 e. The van der Waals surface area contributed by atoms with Crippen LogP contribution in [0, 0.1) is 0 Å². The highest BCUT2D eigenvalue weighted by Crippen LogP contribution is 1.82. The van der Waals surface area contributed by atoms with Gasteiger partial charge in [0, 0.05) is 0 Å². The first-order valence-electron chi connectivity index (χ1n) is 3.20. The average molecular weight is 140 g/mol. The van der Waals surface area contributed by atoms with Crippen LogP contribution in [0.25, 0.3) is 0 Å². The second-order valence-electron chi connectivity index (χ2n) is 1.72. The van der Waals surface area contributed by atoms with Gasteiger partial charge in [-0.3, -0.25) is 4.79 Å². The third-order valence-electron chi connectivity index (χ3n) is 0.895. The Bertz CT molecular complexity index is 116. The molecule has 0 aromatic rings. The fraction of sp³-hybridized carbons (Fsp3) is 0.375. The lowest BCUT2D eigenvalue weighted by Gasteiger charge is -1.94. The zero-order chi connectivity index (χ0) is 7.66. The van der Waals surface area contributed by atoms with E-state index < -0.39 is 0 Å². The molecule has 56 valence electrons. The SMILES string of the molecule is C=CCCOC/C=C/C=O. The van der Waals surface area contributed by atoms with Gasteiger partial charge >= 0.3 is 0 Å². The van der Waals surface area contributed by atoms with Crippen LogP contribution in [0.4, 0.5) is 0 Å². The molecular weight excluding hydrogens is 128 g/mol. The molecule has 0 aliphatic heterocycles. The number of allylic oxidation sites excluding steroid dienone is 1. The van der Waals surface area contributed by atoms with Crippen LogP contribution in [0.3, 0.4) is 0 Å². The fourth-order valence-corrected chi connectivity index (χ4v) is 0.429. The van der Waals surface area contributed by atoms with Gasteiger partial charge in [0.05, 0.1) is 13.2 Å². The fourth-order valence-electron chi connectivity index (χ4n) is 0.429. The van der Waals surface area contributed by atoms with E-state index in [1.165, 1.54) is 6.08 Å². The Hall–Kier alpha value is -0.890. The molecule has 10 heavy (non-hydrogen) atoms. The molecule has 0 unspecified atom stereocenters. The van der Waals surface area contributed by atoms with E-state index in [1.54, 1.807) is 12.2 Å². The molecule has 0 aliphatic rings. The Morgan fingerprint density at radius 3 is 2.90 bits per heavy atom. The van der Waals surface area contributed by atoms with Crippen molar-refractivity contribution in [1.29, 1.82) is 0 Å². The summed E-state index contributed by atoms with van der Waals surface area (Å²) in [5, 5.41) is 0. The minimum absolute atomic E-state index is 0.507. The number of ether oxygens (including phenoxy) is 1. The Kier molecular flexibility index (Phi) is 7.39. The van der Waals surface area contributed by atoms with Crippen LogP contribution < -0.4 is 0 Å². The van der Waals surface area contributed by atoms with E-state index in [0.717, 1.165) is 12.7 Å². The summed E-state index contributed by atoms with van der Waals surface area (Å²) in [5.41, 5.74) is 0. The number of aldehydes is 1. The van der Waals surface area contributed by atoms with E-state index in [1.807, 2.05) is 0 Å². The van der Waals surface area contributed by atoms with E-state index >= 15 is 0 Å². The van der Waals surface area contributed by atoms with Crippen molar-refractivity contribution in [2.24, 2.45) is 0 Å². The molecule has 0 N–H and O–H groups in total. The summed E-state index contributed by atoms with van der Waals surface area (Å²) in [6.07, 6.45) is 6.49. The zero-order valence-electron chi connectivity index (χ0n) is 5.95. The number of rotatable bonds is 6. The van der Waals surface area contributed by atoms with Gasteiger partial charge in [0.15, 0.2) is 0 Å². The van der Waals surface area contributed by atoms with Crippen molar-refractivity contribution in [2.75, 3.05) is 13.2 Å². The largest absolute Gasteiger partial charge is 0.377 e. The van der Waals surface area contributed by atoms with Crippen molar-refractivity contribution in [1.82, 2.24) is 0 Å². The van der Waals surface area contributed by atoms with Crippen molar-refractivity contribution in [3.63, 3.8) is 0 Å². The first-order valence-corrected chi connectivity index (χ1v) is 3.20. The predicted octanol–water partition coefficient (Wildman–Crippen LogP) is 1.33. The van der Waals surface area contributed by atoms with Gasteiger partial charge in [-0.1, -0.05) is 12.2 Å². The van der Waals surface area contributed by atoms with Crippen molar-refractivity contribution in [2.45, 2.75) is 6.42 Å². The molecule has 0 heterocycles. The van der Waals surface area contributed by atoms with Crippen LogP contribution >= 0.6 is 0 Å². The number of hydrogen-bond donors (Lipinski definition) is 0. The highest BCUT2D eigenvalue weighted by molar-refractivity contribution is 5.64. The maximum atomic E-state index is 9.74. The van der Waals surface area contributed by atoms with E-state index in [2.05, 4.69) is 6.58 Å². The van der Waals surface area contributed by atoms with Crippen LogP contribution in [-0.2, 0) is 9.53 Å². The van der Waals surface area contributed by atoms with E-state index in [4.69, 9.17) is 4.74 Å². The van der Waals surface area contributed by atoms with Gasteiger partial charge in [-0.05, 0) is 12.5 Å². The number of carbonyl (C=O) groups is 1. The third-order valence-corrected chi connectivity index (χ3v) is 0.895. The molecular formula is C8H12O2. The number of hydrogen-bond acceptors (Lipinski definition) is 2. The van der Waals surface area contributed by atoms with E-state index in [-0.39, 0.29) is 0 Å². The highest BCUT2D eigenvalue weighted by atomic mass is 16.5. The molecule has 0 amide bonds. The molecule has 0 aromatic heterocycles. The quantitative estimate of drug-likeness (QED) is 0.241. The molecule has 0 rings (SSSR count). The average Bonchev–Trinajstić information content (AvgIpc) is 1.97. The highest BCUT2D eigenvalue weighted by Gasteiger charge is 1.78. The van der Waals surface area contributed by atoms with Crippen LogP contribution in [0.15, 0.2) is 24.8 Å². The summed E-state index contributed by atoms with van der Waals surface area (Å²) >= 11 is 0. The predicted molar refractivity (Wildman–Crippen MR) is 40.8 cm³/mol. The maximum Gasteiger partial charge on any atom is 0.142 e. The van der Waals surface area contributed by atoms with Gasteiger partial charge in [0.25, 0.3) is 0 Å². The maximum absolute atomic E-state index is 9.74. The van der Waals surface area contributed by atoms with Gasteiger partial charge in [0.2, 0.25) is 0 Å². The summed E-state index contributed by atoms with van der Waals surface area (Å²) in [7, 11) is 0. The van der Waals surface area contributed by atoms with Crippen molar-refractivity contribution in [3.05, 3.63) is 24.8 Å². The van der Waals surface area contributed by atoms with Gasteiger partial charge in [-0.15, -0.1) is 6.58 Å². The summed E-state index contributed by atoms with van der Waals surface area (Å²) in [4.78, 5) is 9.74. The normalized spacial score (nSPS) is 10.0. The molecule has 0 saturated heterocycles. The van der Waals surface area contributed by atoms with Crippen molar-refractivity contribution >= 4 is 6.29 Å². The second kappa shape index (κ2) is 8.11. The van der Waals surface area contributed by atoms with Gasteiger partial charge in [-0.25, -0.2) is 0 Å². The molecule has 2 heteroatoms. The summed E-state index contributed by atoms with van der Waals surface area (Å²) in [6.45, 7) is 4.72. The molecule has 0 aromatic carbocycles. The first-order chi connectivity index (χ1) is 4.91. The summed E-state index contributed by atoms with van der Waals surface area (Å²) < 4.78 is 5.06. The first kappa shape index (κ1) is 9.11. The lowest BCUT2D eigenvalue weighted by molar-refractivity contribution is -0.104. The molecule has 0 aliphatic carbocycles. The number of carbonyl (C=O) groups excluding carboxylic acids is 1. The topological polar surface area (TPSA) is 26.3 Å². The summed E-state index contributed by atoms with van der Waals surface area (Å²) in [5.74, 6) is 0. The summed E-state index contributed by atoms with van der Waals surface area (Å²) in [6, 6.07) is 0. The van der Waals surface area contributed by atoms with Crippen LogP contribution in [0.5, 0.6) is 0 Å². The molecule has 0 radical (unpaired) electrons. The zero-order valence-corrected chi connectivity index (χ0v) is 5.95. The minimum atomic E-state index is 0.507. The Balaban J connectivity index is 2.96. The lowest BCUT2D eigenvalue weighted by atomic mass is 10.4. The van der Waals surface area contributed by atoms with Gasteiger partial charge in [0.1, 0.15) is 6.29 Å². The third kappa shape index (κ3) is 7.11. The van der Waals surface area contributed by atoms with Crippen molar-refractivity contribution in [3.8, 4) is 0 Å². The Morgan fingerprint density at radius 1 is 1.50 bits per heavy atom. The molecule has 0 bridgehead atoms. The van der Waals surface area contributed by atoms with E-state index in [9.17, 15) is 4.79 Å². The van der Waals surface area contributed by atoms with Crippen LogP contribution in [0.1, 0.15) is 6.42 Å².